The molecule has 0 aliphatic rings. The molecule has 21 heavy (non-hydrogen) atoms. The van der Waals surface area contributed by atoms with Crippen molar-refractivity contribution in [2.45, 2.75) is 45.7 Å². The van der Waals surface area contributed by atoms with Gasteiger partial charge in [0.25, 0.3) is 0 Å². The molecule has 0 bridgehead atoms. The molecule has 0 spiro atoms. The Morgan fingerprint density at radius 1 is 1.24 bits per heavy atom. The maximum atomic E-state index is 13.4. The van der Waals surface area contributed by atoms with Gasteiger partial charge in [0.15, 0.2) is 0 Å². The Labute approximate surface area is 127 Å². The number of hydrogen-bond donors (Lipinski definition) is 0. The van der Waals surface area contributed by atoms with E-state index in [4.69, 9.17) is 9.26 Å². The monoisotopic (exact) mass is 312 g/mol. The van der Waals surface area contributed by atoms with Gasteiger partial charge in [0.05, 0.1) is 12.3 Å². The van der Waals surface area contributed by atoms with Crippen LogP contribution < -0.4 is 5.30 Å². The summed E-state index contributed by atoms with van der Waals surface area (Å²) in [4.78, 5) is 11.0. The molecule has 0 saturated heterocycles. The lowest BCUT2D eigenvalue weighted by molar-refractivity contribution is -0.140. The molecule has 0 fully saturated rings. The highest BCUT2D eigenvalue weighted by molar-refractivity contribution is 7.67. The maximum absolute atomic E-state index is 13.4. The number of unbranched alkanes of at least 4 members (excludes halogenated alkanes) is 1. The summed E-state index contributed by atoms with van der Waals surface area (Å²) < 4.78 is 24.3. The molecule has 1 aromatic rings. The topological polar surface area (TPSA) is 52.6 Å². The Morgan fingerprint density at radius 2 is 1.90 bits per heavy atom. The number of esters is 1. The summed E-state index contributed by atoms with van der Waals surface area (Å²) in [6.07, 6.45) is 2.47. The third kappa shape index (κ3) is 5.29. The van der Waals surface area contributed by atoms with Crippen molar-refractivity contribution in [1.29, 1.82) is 0 Å². The predicted molar refractivity (Wildman–Crippen MR) is 85.3 cm³/mol. The summed E-state index contributed by atoms with van der Waals surface area (Å²) in [6, 6.07) is 9.23. The normalized spacial score (nSPS) is 15.2. The fourth-order valence-electron chi connectivity index (χ4n) is 2.04. The van der Waals surface area contributed by atoms with Gasteiger partial charge in [-0.3, -0.25) is 9.36 Å². The molecule has 5 heteroatoms. The summed E-state index contributed by atoms with van der Waals surface area (Å²) in [6.45, 7) is 5.95. The minimum absolute atomic E-state index is 0.129. The van der Waals surface area contributed by atoms with E-state index < -0.39 is 7.37 Å². The zero-order chi connectivity index (χ0) is 15.7. The minimum Gasteiger partial charge on any atom is -0.465 e. The van der Waals surface area contributed by atoms with Crippen molar-refractivity contribution in [2.75, 3.05) is 13.2 Å². The first-order valence-corrected chi connectivity index (χ1v) is 9.17. The number of ether oxygens (including phenoxy) is 1. The quantitative estimate of drug-likeness (QED) is 0.396. The van der Waals surface area contributed by atoms with Crippen molar-refractivity contribution in [2.24, 2.45) is 0 Å². The lowest BCUT2D eigenvalue weighted by Crippen LogP contribution is -2.25. The van der Waals surface area contributed by atoms with Gasteiger partial charge in [-0.15, -0.1) is 0 Å². The Morgan fingerprint density at radius 3 is 2.43 bits per heavy atom. The summed E-state index contributed by atoms with van der Waals surface area (Å²) >= 11 is 0. The molecule has 2 atom stereocenters. The van der Waals surface area contributed by atoms with E-state index in [0.29, 0.717) is 18.3 Å². The molecule has 0 aliphatic carbocycles. The largest absolute Gasteiger partial charge is 0.465 e. The smallest absolute Gasteiger partial charge is 0.302 e. The van der Waals surface area contributed by atoms with E-state index in [1.165, 1.54) is 6.92 Å². The standard InChI is InChI=1S/C16H25O4P/c1-4-6-12-20-21(18,16-10-8-7-9-11-16)15(5-2)13-19-14(3)17/h7-11,15H,4-6,12-13H2,1-3H3. The zero-order valence-corrected chi connectivity index (χ0v) is 14.0. The van der Waals surface area contributed by atoms with E-state index in [9.17, 15) is 9.36 Å². The molecule has 1 aromatic carbocycles. The molecule has 1 rings (SSSR count). The first-order chi connectivity index (χ1) is 10.0. The Balaban J connectivity index is 2.98. The average Bonchev–Trinajstić information content (AvgIpc) is 2.48. The summed E-state index contributed by atoms with van der Waals surface area (Å²) in [7, 11) is -3.04. The van der Waals surface area contributed by atoms with Crippen LogP contribution >= 0.6 is 7.37 Å². The van der Waals surface area contributed by atoms with Crippen molar-refractivity contribution < 1.29 is 18.6 Å². The molecular weight excluding hydrogens is 287 g/mol. The van der Waals surface area contributed by atoms with Crippen LogP contribution in [0.2, 0.25) is 0 Å². The minimum atomic E-state index is -3.04. The van der Waals surface area contributed by atoms with Crippen molar-refractivity contribution >= 4 is 18.6 Å². The molecule has 2 unspecified atom stereocenters. The molecule has 0 saturated carbocycles. The molecule has 0 radical (unpaired) electrons. The molecule has 118 valence electrons. The lowest BCUT2D eigenvalue weighted by Gasteiger charge is -2.26. The van der Waals surface area contributed by atoms with Crippen LogP contribution in [0.1, 0.15) is 40.0 Å². The van der Waals surface area contributed by atoms with E-state index in [-0.39, 0.29) is 18.2 Å². The summed E-state index contributed by atoms with van der Waals surface area (Å²) in [5.74, 6) is -0.360. The van der Waals surface area contributed by atoms with Crippen LogP contribution in [0.5, 0.6) is 0 Å². The second kappa shape index (κ2) is 9.01. The highest BCUT2D eigenvalue weighted by atomic mass is 31.2. The third-order valence-electron chi connectivity index (χ3n) is 3.33. The lowest BCUT2D eigenvalue weighted by atomic mass is 10.3. The van der Waals surface area contributed by atoms with Crippen molar-refractivity contribution in [1.82, 2.24) is 0 Å². The molecular formula is C16H25O4P. The SMILES string of the molecule is CCCCOP(=O)(c1ccccc1)C(CC)COC(C)=O. The number of rotatable bonds is 9. The molecule has 4 nitrogen and oxygen atoms in total. The second-order valence-corrected chi connectivity index (χ2v) is 7.68. The molecule has 0 N–H and O–H groups in total. The Bertz CT molecular complexity index is 472. The predicted octanol–water partition coefficient (Wildman–Crippen LogP) is 3.75. The van der Waals surface area contributed by atoms with Gasteiger partial charge in [-0.2, -0.15) is 0 Å². The van der Waals surface area contributed by atoms with Gasteiger partial charge in [0.2, 0.25) is 7.37 Å². The highest BCUT2D eigenvalue weighted by Crippen LogP contribution is 2.52. The Kier molecular flexibility index (Phi) is 7.69. The Hall–Kier alpha value is -1.12. The van der Waals surface area contributed by atoms with E-state index in [0.717, 1.165) is 12.8 Å². The van der Waals surface area contributed by atoms with E-state index >= 15 is 0 Å². The van der Waals surface area contributed by atoms with Crippen LogP contribution in [-0.2, 0) is 18.6 Å². The van der Waals surface area contributed by atoms with Crippen LogP contribution in [-0.4, -0.2) is 24.8 Å². The fraction of sp³-hybridized carbons (Fsp3) is 0.562. The van der Waals surface area contributed by atoms with Crippen LogP contribution in [0.25, 0.3) is 0 Å². The van der Waals surface area contributed by atoms with Gasteiger partial charge < -0.3 is 9.26 Å². The van der Waals surface area contributed by atoms with Gasteiger partial charge >= 0.3 is 5.97 Å². The van der Waals surface area contributed by atoms with Crippen LogP contribution in [0.15, 0.2) is 30.3 Å². The number of carbonyl (C=O) groups excluding carboxylic acids is 1. The van der Waals surface area contributed by atoms with Gasteiger partial charge in [0.1, 0.15) is 6.61 Å². The fourth-order valence-corrected chi connectivity index (χ4v) is 4.56. The maximum Gasteiger partial charge on any atom is 0.302 e. The van der Waals surface area contributed by atoms with E-state index in [1.54, 1.807) is 0 Å². The summed E-state index contributed by atoms with van der Waals surface area (Å²) in [5, 5.41) is 0.695. The molecule has 0 heterocycles. The van der Waals surface area contributed by atoms with Gasteiger partial charge in [-0.25, -0.2) is 0 Å². The van der Waals surface area contributed by atoms with Gasteiger partial charge in [-0.1, -0.05) is 38.5 Å². The number of hydrogen-bond acceptors (Lipinski definition) is 4. The van der Waals surface area contributed by atoms with Crippen LogP contribution in [0.3, 0.4) is 0 Å². The molecule has 0 amide bonds. The number of benzene rings is 1. The van der Waals surface area contributed by atoms with E-state index in [2.05, 4.69) is 6.92 Å². The zero-order valence-electron chi connectivity index (χ0n) is 13.1. The highest BCUT2D eigenvalue weighted by Gasteiger charge is 2.35. The second-order valence-electron chi connectivity index (χ2n) is 4.98. The van der Waals surface area contributed by atoms with Gasteiger partial charge in [0, 0.05) is 12.2 Å². The number of carbonyl (C=O) groups is 1. The van der Waals surface area contributed by atoms with E-state index in [1.807, 2.05) is 37.3 Å². The van der Waals surface area contributed by atoms with Crippen LogP contribution in [0.4, 0.5) is 0 Å². The van der Waals surface area contributed by atoms with Gasteiger partial charge in [-0.05, 0) is 25.0 Å². The summed E-state index contributed by atoms with van der Waals surface area (Å²) in [5.41, 5.74) is -0.305. The molecule has 0 aromatic heterocycles. The van der Waals surface area contributed by atoms with Crippen molar-refractivity contribution in [3.8, 4) is 0 Å². The molecule has 0 aliphatic heterocycles. The van der Waals surface area contributed by atoms with Crippen LogP contribution in [0, 0.1) is 0 Å². The first-order valence-electron chi connectivity index (χ1n) is 7.47. The van der Waals surface area contributed by atoms with Crippen molar-refractivity contribution in [3.05, 3.63) is 30.3 Å². The average molecular weight is 312 g/mol. The van der Waals surface area contributed by atoms with Crippen molar-refractivity contribution in [3.63, 3.8) is 0 Å². The third-order valence-corrected chi connectivity index (χ3v) is 6.39. The first kappa shape index (κ1) is 17.9.